The van der Waals surface area contributed by atoms with Crippen LogP contribution < -0.4 is 0 Å². The van der Waals surface area contributed by atoms with Crippen LogP contribution in [0.5, 0.6) is 0 Å². The standard InChI is InChI=1S/C4H6ClF3O2S/c5-11(9)2-1-10-3-4(6,7)8/h1-3H2. The minimum Gasteiger partial charge on any atom is -0.371 e. The summed E-state index contributed by atoms with van der Waals surface area (Å²) in [6, 6.07) is 0. The Morgan fingerprint density at radius 3 is 2.36 bits per heavy atom. The average molecular weight is 211 g/mol. The van der Waals surface area contributed by atoms with Gasteiger partial charge in [0.2, 0.25) is 0 Å². The van der Waals surface area contributed by atoms with Crippen LogP contribution in [0.1, 0.15) is 0 Å². The largest absolute Gasteiger partial charge is 0.411 e. The number of rotatable bonds is 4. The summed E-state index contributed by atoms with van der Waals surface area (Å²) in [6.45, 7) is -1.56. The summed E-state index contributed by atoms with van der Waals surface area (Å²) in [7, 11) is 3.32. The molecule has 0 amide bonds. The highest BCUT2D eigenvalue weighted by molar-refractivity contribution is 8.08. The van der Waals surface area contributed by atoms with Crippen molar-refractivity contribution in [2.24, 2.45) is 0 Å². The van der Waals surface area contributed by atoms with Gasteiger partial charge in [0.05, 0.1) is 12.4 Å². The third-order valence-electron chi connectivity index (χ3n) is 0.654. The first-order valence-corrected chi connectivity index (χ1v) is 4.75. The zero-order chi connectivity index (χ0) is 8.91. The Morgan fingerprint density at radius 1 is 1.45 bits per heavy atom. The van der Waals surface area contributed by atoms with Crippen LogP contribution in [0.25, 0.3) is 0 Å². The van der Waals surface area contributed by atoms with Crippen molar-refractivity contribution in [2.45, 2.75) is 6.18 Å². The van der Waals surface area contributed by atoms with Gasteiger partial charge in [0, 0.05) is 0 Å². The number of hydrogen-bond donors (Lipinski definition) is 0. The first-order chi connectivity index (χ1) is 4.92. The average Bonchev–Trinajstić information content (AvgIpc) is 1.78. The molecule has 0 radical (unpaired) electrons. The second-order valence-electron chi connectivity index (χ2n) is 1.66. The summed E-state index contributed by atoms with van der Waals surface area (Å²) in [6.07, 6.45) is -4.33. The molecule has 0 aromatic rings. The fourth-order valence-corrected chi connectivity index (χ4v) is 0.750. The maximum Gasteiger partial charge on any atom is 0.411 e. The molecule has 0 rings (SSSR count). The molecule has 0 spiro atoms. The maximum atomic E-state index is 11.3. The van der Waals surface area contributed by atoms with Crippen molar-refractivity contribution in [1.82, 2.24) is 0 Å². The molecule has 1 unspecified atom stereocenters. The molecular weight excluding hydrogens is 205 g/mol. The minimum absolute atomic E-state index is 0.0857. The molecule has 0 aliphatic carbocycles. The monoisotopic (exact) mass is 210 g/mol. The van der Waals surface area contributed by atoms with Gasteiger partial charge in [0.25, 0.3) is 0 Å². The number of ether oxygens (including phenoxy) is 1. The van der Waals surface area contributed by atoms with E-state index in [-0.39, 0.29) is 12.4 Å². The smallest absolute Gasteiger partial charge is 0.371 e. The summed E-state index contributed by atoms with van der Waals surface area (Å²) >= 11 is 0. The highest BCUT2D eigenvalue weighted by Crippen LogP contribution is 2.14. The Kier molecular flexibility index (Phi) is 5.03. The van der Waals surface area contributed by atoms with Crippen molar-refractivity contribution in [3.05, 3.63) is 0 Å². The van der Waals surface area contributed by atoms with Gasteiger partial charge in [-0.15, -0.1) is 0 Å². The van der Waals surface area contributed by atoms with Crippen LogP contribution in [-0.4, -0.2) is 29.4 Å². The summed E-state index contributed by atoms with van der Waals surface area (Å²) < 4.78 is 48.2. The number of hydrogen-bond acceptors (Lipinski definition) is 2. The Morgan fingerprint density at radius 2 is 2.00 bits per heavy atom. The van der Waals surface area contributed by atoms with Gasteiger partial charge in [-0.25, -0.2) is 4.21 Å². The molecule has 0 bridgehead atoms. The molecular formula is C4H6ClF3O2S. The Hall–Kier alpha value is 0.190. The molecule has 7 heteroatoms. The first kappa shape index (κ1) is 11.2. The van der Waals surface area contributed by atoms with Gasteiger partial charge < -0.3 is 4.74 Å². The maximum absolute atomic E-state index is 11.3. The fourth-order valence-electron chi connectivity index (χ4n) is 0.312. The van der Waals surface area contributed by atoms with Gasteiger partial charge in [0.15, 0.2) is 0 Å². The van der Waals surface area contributed by atoms with Crippen molar-refractivity contribution in [3.8, 4) is 0 Å². The Bertz CT molecular complexity index is 138. The van der Waals surface area contributed by atoms with Crippen LogP contribution in [-0.2, 0) is 14.7 Å². The molecule has 1 atom stereocenters. The van der Waals surface area contributed by atoms with Gasteiger partial charge in [-0.05, 0) is 10.7 Å². The third-order valence-corrected chi connectivity index (χ3v) is 1.60. The van der Waals surface area contributed by atoms with Crippen molar-refractivity contribution in [2.75, 3.05) is 19.0 Å². The zero-order valence-electron chi connectivity index (χ0n) is 5.36. The second kappa shape index (κ2) is 4.95. The van der Waals surface area contributed by atoms with Gasteiger partial charge in [-0.1, -0.05) is 0 Å². The van der Waals surface area contributed by atoms with Gasteiger partial charge in [-0.2, -0.15) is 13.2 Å². The highest BCUT2D eigenvalue weighted by Gasteiger charge is 2.27. The van der Waals surface area contributed by atoms with E-state index in [1.807, 2.05) is 0 Å². The molecule has 0 aromatic heterocycles. The minimum atomic E-state index is -4.33. The summed E-state index contributed by atoms with van der Waals surface area (Å²) in [5.41, 5.74) is 0. The summed E-state index contributed by atoms with van der Waals surface area (Å²) in [5, 5.41) is 0. The topological polar surface area (TPSA) is 26.3 Å². The highest BCUT2D eigenvalue weighted by atomic mass is 35.7. The molecule has 0 aromatic carbocycles. The van der Waals surface area contributed by atoms with E-state index in [1.165, 1.54) is 0 Å². The van der Waals surface area contributed by atoms with Crippen molar-refractivity contribution >= 4 is 20.7 Å². The van der Waals surface area contributed by atoms with Crippen LogP contribution in [0.3, 0.4) is 0 Å². The molecule has 0 N–H and O–H groups in total. The molecule has 0 aliphatic heterocycles. The van der Waals surface area contributed by atoms with E-state index in [1.54, 1.807) is 0 Å². The van der Waals surface area contributed by atoms with Gasteiger partial charge >= 0.3 is 6.18 Å². The lowest BCUT2D eigenvalue weighted by molar-refractivity contribution is -0.172. The SMILES string of the molecule is O=S(Cl)CCOCC(F)(F)F. The van der Waals surface area contributed by atoms with Crippen LogP contribution in [0.4, 0.5) is 13.2 Å². The summed E-state index contributed by atoms with van der Waals surface area (Å²) in [4.78, 5) is 0. The first-order valence-electron chi connectivity index (χ1n) is 2.61. The van der Waals surface area contributed by atoms with Crippen molar-refractivity contribution < 1.29 is 22.1 Å². The zero-order valence-corrected chi connectivity index (χ0v) is 6.93. The third kappa shape index (κ3) is 10.2. The van der Waals surface area contributed by atoms with E-state index < -0.39 is 22.8 Å². The van der Waals surface area contributed by atoms with Crippen molar-refractivity contribution in [1.29, 1.82) is 0 Å². The number of halogens is 4. The molecule has 2 nitrogen and oxygen atoms in total. The molecule has 0 fully saturated rings. The Balaban J connectivity index is 3.22. The van der Waals surface area contributed by atoms with Crippen LogP contribution in [0.2, 0.25) is 0 Å². The van der Waals surface area contributed by atoms with Crippen LogP contribution >= 0.6 is 10.7 Å². The van der Waals surface area contributed by atoms with Crippen LogP contribution in [0, 0.1) is 0 Å². The van der Waals surface area contributed by atoms with E-state index in [0.29, 0.717) is 0 Å². The van der Waals surface area contributed by atoms with E-state index >= 15 is 0 Å². The Labute approximate surface area is 68.6 Å². The van der Waals surface area contributed by atoms with E-state index in [0.717, 1.165) is 0 Å². The summed E-state index contributed by atoms with van der Waals surface area (Å²) in [5.74, 6) is -0.0857. The van der Waals surface area contributed by atoms with E-state index in [9.17, 15) is 17.4 Å². The molecule has 0 heterocycles. The predicted octanol–water partition coefficient (Wildman–Crippen LogP) is 1.47. The fraction of sp³-hybridized carbons (Fsp3) is 1.00. The van der Waals surface area contributed by atoms with Gasteiger partial charge in [-0.3, -0.25) is 0 Å². The molecule has 11 heavy (non-hydrogen) atoms. The second-order valence-corrected chi connectivity index (χ2v) is 3.68. The molecule has 0 aliphatic rings. The number of alkyl halides is 3. The lowest BCUT2D eigenvalue weighted by Gasteiger charge is -2.05. The van der Waals surface area contributed by atoms with Gasteiger partial charge in [0.1, 0.15) is 16.6 Å². The lowest BCUT2D eigenvalue weighted by Crippen LogP contribution is -2.18. The van der Waals surface area contributed by atoms with Crippen molar-refractivity contribution in [3.63, 3.8) is 0 Å². The van der Waals surface area contributed by atoms with E-state index in [4.69, 9.17) is 10.7 Å². The molecule has 68 valence electrons. The lowest BCUT2D eigenvalue weighted by atomic mass is 10.7. The predicted molar refractivity (Wildman–Crippen MR) is 35.7 cm³/mol. The quantitative estimate of drug-likeness (QED) is 0.519. The van der Waals surface area contributed by atoms with Crippen LogP contribution in [0.15, 0.2) is 0 Å². The van der Waals surface area contributed by atoms with E-state index in [2.05, 4.69) is 4.74 Å². The normalized spacial score (nSPS) is 14.9. The molecule has 0 saturated carbocycles. The molecule has 0 saturated heterocycles.